The van der Waals surface area contributed by atoms with Crippen LogP contribution in [-0.4, -0.2) is 44.4 Å². The average Bonchev–Trinajstić information content (AvgIpc) is 3.46. The summed E-state index contributed by atoms with van der Waals surface area (Å²) < 4.78 is 7.30. The Balaban J connectivity index is 1.14. The van der Waals surface area contributed by atoms with Crippen molar-refractivity contribution in [2.45, 2.75) is 38.6 Å². The molecule has 4 rings (SSSR count). The lowest BCUT2D eigenvalue weighted by Crippen LogP contribution is -2.33. The van der Waals surface area contributed by atoms with E-state index in [1.54, 1.807) is 17.2 Å². The van der Waals surface area contributed by atoms with Gasteiger partial charge >= 0.3 is 0 Å². The second kappa shape index (κ2) is 8.89. The maximum Gasteiger partial charge on any atom is 0.225 e. The number of unbranched alkanes of at least 4 members (excludes halogenated alkanes) is 2. The molecular weight excluding hydrogens is 370 g/mol. The highest BCUT2D eigenvalue weighted by atomic mass is 16.3. The number of carbonyl (C=O) groups excluding carboxylic acids is 2. The predicted molar refractivity (Wildman–Crippen MR) is 106 cm³/mol. The minimum Gasteiger partial charge on any atom is -0.467 e. The Hall–Kier alpha value is -3.16. The molecule has 1 aliphatic heterocycles. The number of carbonyl (C=O) groups is 2. The molecule has 1 fully saturated rings. The second-order valence-electron chi connectivity index (χ2n) is 7.40. The molecule has 0 radical (unpaired) electrons. The van der Waals surface area contributed by atoms with Gasteiger partial charge in [0.1, 0.15) is 11.6 Å². The van der Waals surface area contributed by atoms with Gasteiger partial charge in [0.15, 0.2) is 5.65 Å². The van der Waals surface area contributed by atoms with E-state index in [1.165, 1.54) is 0 Å². The first-order valence-corrected chi connectivity index (χ1v) is 10.1. The van der Waals surface area contributed by atoms with E-state index in [-0.39, 0.29) is 24.2 Å². The zero-order valence-corrected chi connectivity index (χ0v) is 16.3. The lowest BCUT2D eigenvalue weighted by atomic mass is 10.1. The van der Waals surface area contributed by atoms with Crippen LogP contribution in [0.3, 0.4) is 0 Å². The summed E-state index contributed by atoms with van der Waals surface area (Å²) in [5.74, 6) is 1.39. The predicted octanol–water partition coefficient (Wildman–Crippen LogP) is 2.20. The minimum absolute atomic E-state index is 0.00193. The van der Waals surface area contributed by atoms with Crippen LogP contribution in [0.25, 0.3) is 5.65 Å². The summed E-state index contributed by atoms with van der Waals surface area (Å²) >= 11 is 0. The smallest absolute Gasteiger partial charge is 0.225 e. The molecule has 0 aliphatic carbocycles. The Kier molecular flexibility index (Phi) is 5.88. The molecule has 0 aromatic carbocycles. The standard InChI is InChI=1S/C21H25N5O3/c27-20-13-16(14-25(20)15-17-7-6-12-29-17)21(28)22-10-4-1-2-8-18-23-24-19-9-3-5-11-26(18)19/h3,5-7,9,11-12,16H,1-2,4,8,10,13-15H2,(H,22,28)/t16-/m1/s1. The van der Waals surface area contributed by atoms with Crippen molar-refractivity contribution in [2.75, 3.05) is 13.1 Å². The van der Waals surface area contributed by atoms with E-state index < -0.39 is 0 Å². The number of nitrogens with one attached hydrogen (secondary N) is 1. The Morgan fingerprint density at radius 3 is 2.97 bits per heavy atom. The van der Waals surface area contributed by atoms with E-state index in [9.17, 15) is 9.59 Å². The number of aryl methyl sites for hydroxylation is 1. The fourth-order valence-corrected chi connectivity index (χ4v) is 3.69. The fourth-order valence-electron chi connectivity index (χ4n) is 3.69. The van der Waals surface area contributed by atoms with Crippen LogP contribution in [-0.2, 0) is 22.6 Å². The van der Waals surface area contributed by atoms with Gasteiger partial charge in [-0.25, -0.2) is 0 Å². The van der Waals surface area contributed by atoms with E-state index in [0.29, 0.717) is 19.6 Å². The van der Waals surface area contributed by atoms with Crippen LogP contribution in [0.15, 0.2) is 47.2 Å². The van der Waals surface area contributed by atoms with Crippen LogP contribution in [0.5, 0.6) is 0 Å². The van der Waals surface area contributed by atoms with Gasteiger partial charge in [0.2, 0.25) is 11.8 Å². The molecule has 0 unspecified atom stereocenters. The number of aromatic nitrogens is 3. The van der Waals surface area contributed by atoms with Crippen molar-refractivity contribution >= 4 is 17.5 Å². The van der Waals surface area contributed by atoms with E-state index >= 15 is 0 Å². The first kappa shape index (κ1) is 19.2. The van der Waals surface area contributed by atoms with Gasteiger partial charge in [-0.05, 0) is 37.1 Å². The average molecular weight is 395 g/mol. The summed E-state index contributed by atoms with van der Waals surface area (Å²) in [6.45, 7) is 1.50. The van der Waals surface area contributed by atoms with Crippen LogP contribution in [0.1, 0.15) is 37.3 Å². The number of rotatable bonds is 9. The van der Waals surface area contributed by atoms with E-state index in [0.717, 1.165) is 42.9 Å². The van der Waals surface area contributed by atoms with Crippen LogP contribution >= 0.6 is 0 Å². The quantitative estimate of drug-likeness (QED) is 0.561. The highest BCUT2D eigenvalue weighted by Gasteiger charge is 2.34. The normalized spacial score (nSPS) is 16.6. The summed E-state index contributed by atoms with van der Waals surface area (Å²) in [5, 5.41) is 11.4. The van der Waals surface area contributed by atoms with Crippen LogP contribution in [0.4, 0.5) is 0 Å². The Morgan fingerprint density at radius 1 is 1.17 bits per heavy atom. The number of furan rings is 1. The van der Waals surface area contributed by atoms with Gasteiger partial charge < -0.3 is 14.6 Å². The molecule has 3 aromatic heterocycles. The number of fused-ring (bicyclic) bond motifs is 1. The Bertz CT molecular complexity index is 966. The van der Waals surface area contributed by atoms with Crippen molar-refractivity contribution in [3.8, 4) is 0 Å². The first-order chi connectivity index (χ1) is 14.2. The van der Waals surface area contributed by atoms with Gasteiger partial charge in [-0.3, -0.25) is 14.0 Å². The monoisotopic (exact) mass is 395 g/mol. The number of hydrogen-bond acceptors (Lipinski definition) is 5. The number of amides is 2. The molecule has 8 nitrogen and oxygen atoms in total. The van der Waals surface area contributed by atoms with Crippen molar-refractivity contribution in [1.82, 2.24) is 24.8 Å². The van der Waals surface area contributed by atoms with Crippen molar-refractivity contribution in [1.29, 1.82) is 0 Å². The highest BCUT2D eigenvalue weighted by molar-refractivity contribution is 5.89. The van der Waals surface area contributed by atoms with Gasteiger partial charge in [-0.2, -0.15) is 0 Å². The maximum atomic E-state index is 12.4. The van der Waals surface area contributed by atoms with Crippen LogP contribution in [0, 0.1) is 5.92 Å². The molecular formula is C21H25N5O3. The van der Waals surface area contributed by atoms with Crippen molar-refractivity contribution in [2.24, 2.45) is 5.92 Å². The lowest BCUT2D eigenvalue weighted by molar-refractivity contribution is -0.129. The zero-order valence-electron chi connectivity index (χ0n) is 16.3. The fraction of sp³-hybridized carbons (Fsp3) is 0.429. The van der Waals surface area contributed by atoms with Crippen LogP contribution in [0.2, 0.25) is 0 Å². The van der Waals surface area contributed by atoms with E-state index in [1.807, 2.05) is 34.9 Å². The molecule has 0 saturated carbocycles. The number of nitrogens with zero attached hydrogens (tertiary/aromatic N) is 4. The van der Waals surface area contributed by atoms with Crippen molar-refractivity contribution < 1.29 is 14.0 Å². The summed E-state index contributed by atoms with van der Waals surface area (Å²) in [6, 6.07) is 9.49. The molecule has 29 heavy (non-hydrogen) atoms. The molecule has 1 N–H and O–H groups in total. The first-order valence-electron chi connectivity index (χ1n) is 10.1. The van der Waals surface area contributed by atoms with Gasteiger partial charge in [0, 0.05) is 32.1 Å². The number of hydrogen-bond donors (Lipinski definition) is 1. The molecule has 8 heteroatoms. The summed E-state index contributed by atoms with van der Waals surface area (Å²) in [7, 11) is 0. The van der Waals surface area contributed by atoms with Gasteiger partial charge in [0.05, 0.1) is 18.7 Å². The third kappa shape index (κ3) is 4.64. The Morgan fingerprint density at radius 2 is 2.10 bits per heavy atom. The third-order valence-electron chi connectivity index (χ3n) is 5.27. The minimum atomic E-state index is -0.278. The number of pyridine rings is 1. The summed E-state index contributed by atoms with van der Waals surface area (Å²) in [6.07, 6.45) is 7.58. The van der Waals surface area contributed by atoms with Crippen molar-refractivity contribution in [3.05, 3.63) is 54.4 Å². The second-order valence-corrected chi connectivity index (χ2v) is 7.40. The molecule has 1 aliphatic rings. The molecule has 3 aromatic rings. The molecule has 0 bridgehead atoms. The maximum absolute atomic E-state index is 12.4. The summed E-state index contributed by atoms with van der Waals surface area (Å²) in [5.41, 5.74) is 0.863. The SMILES string of the molecule is O=C(NCCCCCc1nnc2ccccn12)[C@@H]1CC(=O)N(Cc2ccco2)C1. The third-order valence-corrected chi connectivity index (χ3v) is 5.27. The van der Waals surface area contributed by atoms with E-state index in [4.69, 9.17) is 4.42 Å². The number of likely N-dealkylation sites (tertiary alicyclic amines) is 1. The molecule has 4 heterocycles. The molecule has 0 spiro atoms. The topological polar surface area (TPSA) is 92.7 Å². The van der Waals surface area contributed by atoms with Crippen molar-refractivity contribution in [3.63, 3.8) is 0 Å². The molecule has 1 atom stereocenters. The van der Waals surface area contributed by atoms with Crippen LogP contribution < -0.4 is 5.32 Å². The lowest BCUT2D eigenvalue weighted by Gasteiger charge is -2.15. The summed E-state index contributed by atoms with van der Waals surface area (Å²) in [4.78, 5) is 26.2. The highest BCUT2D eigenvalue weighted by Crippen LogP contribution is 2.20. The largest absolute Gasteiger partial charge is 0.467 e. The van der Waals surface area contributed by atoms with Gasteiger partial charge in [-0.15, -0.1) is 10.2 Å². The molecule has 1 saturated heterocycles. The van der Waals surface area contributed by atoms with Gasteiger partial charge in [-0.1, -0.05) is 12.5 Å². The molecule has 152 valence electrons. The molecule has 2 amide bonds. The zero-order chi connectivity index (χ0) is 20.1. The Labute approximate surface area is 168 Å². The van der Waals surface area contributed by atoms with Gasteiger partial charge in [0.25, 0.3) is 0 Å². The van der Waals surface area contributed by atoms with E-state index in [2.05, 4.69) is 15.5 Å².